The fourth-order valence-electron chi connectivity index (χ4n) is 1.50. The summed E-state index contributed by atoms with van der Waals surface area (Å²) in [7, 11) is -1.71. The lowest BCUT2D eigenvalue weighted by Crippen LogP contribution is -2.27. The molecule has 21 heavy (non-hydrogen) atoms. The van der Waals surface area contributed by atoms with E-state index in [1.54, 1.807) is 0 Å². The molecule has 0 radical (unpaired) electrons. The van der Waals surface area contributed by atoms with E-state index in [2.05, 4.69) is 4.84 Å². The lowest BCUT2D eigenvalue weighted by molar-refractivity contribution is -0.167. The number of amides is 1. The van der Waals surface area contributed by atoms with Gasteiger partial charge in [-0.3, -0.25) is 9.63 Å². The van der Waals surface area contributed by atoms with Gasteiger partial charge in [0.15, 0.2) is 15.6 Å². The highest BCUT2D eigenvalue weighted by Gasteiger charge is 2.35. The molecule has 0 atom stereocenters. The zero-order valence-electron chi connectivity index (χ0n) is 11.3. The molecule has 0 aliphatic heterocycles. The van der Waals surface area contributed by atoms with Gasteiger partial charge >= 0.3 is 6.18 Å². The van der Waals surface area contributed by atoms with Crippen molar-refractivity contribution in [1.82, 2.24) is 5.06 Å². The number of alkyl halides is 3. The Kier molecular flexibility index (Phi) is 5.35. The Morgan fingerprint density at radius 3 is 2.19 bits per heavy atom. The fourth-order valence-corrected chi connectivity index (χ4v) is 2.65. The maximum atomic E-state index is 12.2. The summed E-state index contributed by atoms with van der Waals surface area (Å²) in [6, 6.07) is 4.70. The van der Waals surface area contributed by atoms with Crippen molar-refractivity contribution in [3.63, 3.8) is 0 Å². The highest BCUT2D eigenvalue weighted by Crippen LogP contribution is 2.22. The average molecular weight is 325 g/mol. The Hall–Kier alpha value is -1.61. The third kappa shape index (κ3) is 5.35. The summed E-state index contributed by atoms with van der Waals surface area (Å²) in [6.07, 6.45) is -4.85. The van der Waals surface area contributed by atoms with Gasteiger partial charge in [0.1, 0.15) is 0 Å². The van der Waals surface area contributed by atoms with Crippen LogP contribution in [0.4, 0.5) is 13.2 Å². The highest BCUT2D eigenvalue weighted by atomic mass is 32.2. The molecule has 0 spiro atoms. The van der Waals surface area contributed by atoms with Crippen molar-refractivity contribution in [2.45, 2.75) is 17.5 Å². The topological polar surface area (TPSA) is 63.7 Å². The predicted octanol–water partition coefficient (Wildman–Crippen LogP) is 1.58. The number of rotatable bonds is 5. The second-order valence-corrected chi connectivity index (χ2v) is 6.26. The second kappa shape index (κ2) is 6.44. The van der Waals surface area contributed by atoms with Gasteiger partial charge in [-0.2, -0.15) is 13.2 Å². The number of halogens is 3. The number of hydrogen-bond donors (Lipinski definition) is 0. The molecule has 0 aromatic heterocycles. The van der Waals surface area contributed by atoms with Gasteiger partial charge in [-0.25, -0.2) is 13.5 Å². The number of sulfone groups is 1. The van der Waals surface area contributed by atoms with Gasteiger partial charge in [0, 0.05) is 7.05 Å². The zero-order chi connectivity index (χ0) is 16.3. The normalized spacial score (nSPS) is 12.2. The van der Waals surface area contributed by atoms with Gasteiger partial charge < -0.3 is 0 Å². The van der Waals surface area contributed by atoms with Crippen molar-refractivity contribution >= 4 is 15.7 Å². The Morgan fingerprint density at radius 1 is 1.24 bits per heavy atom. The summed E-state index contributed by atoms with van der Waals surface area (Å²) in [6.45, 7) is 0. The van der Waals surface area contributed by atoms with E-state index in [-0.39, 0.29) is 12.3 Å². The van der Waals surface area contributed by atoms with Crippen LogP contribution in [0.15, 0.2) is 29.2 Å². The van der Waals surface area contributed by atoms with Crippen LogP contribution in [0.3, 0.4) is 0 Å². The number of likely N-dealkylation sites (N-methyl/N-ethyl adjacent to an activating group) is 1. The highest BCUT2D eigenvalue weighted by molar-refractivity contribution is 7.91. The van der Waals surface area contributed by atoms with Gasteiger partial charge in [0.05, 0.1) is 18.4 Å². The molecule has 1 amide bonds. The zero-order valence-corrected chi connectivity index (χ0v) is 12.2. The SMILES string of the molecule is CON(C)C(=O)Cc1ccc(S(=O)(=O)CC(F)(F)F)cc1. The van der Waals surface area contributed by atoms with Crippen molar-refractivity contribution in [3.8, 4) is 0 Å². The van der Waals surface area contributed by atoms with Crippen LogP contribution in [0.1, 0.15) is 5.56 Å². The van der Waals surface area contributed by atoms with E-state index in [0.29, 0.717) is 5.56 Å². The Labute approximate surface area is 120 Å². The maximum Gasteiger partial charge on any atom is 0.403 e. The third-order valence-electron chi connectivity index (χ3n) is 2.62. The summed E-state index contributed by atoms with van der Waals surface area (Å²) in [4.78, 5) is 15.8. The molecule has 0 unspecified atom stereocenters. The number of carbonyl (C=O) groups is 1. The van der Waals surface area contributed by atoms with Crippen molar-refractivity contribution < 1.29 is 31.2 Å². The Morgan fingerprint density at radius 2 is 1.76 bits per heavy atom. The van der Waals surface area contributed by atoms with E-state index < -0.39 is 26.7 Å². The van der Waals surface area contributed by atoms with E-state index >= 15 is 0 Å². The fraction of sp³-hybridized carbons (Fsp3) is 0.417. The second-order valence-electron chi connectivity index (χ2n) is 4.27. The van der Waals surface area contributed by atoms with Crippen LogP contribution in [0.2, 0.25) is 0 Å². The standard InChI is InChI=1S/C12H14F3NO4S/c1-16(20-2)11(17)7-9-3-5-10(6-4-9)21(18,19)8-12(13,14)15/h3-6H,7-8H2,1-2H3. The van der Waals surface area contributed by atoms with Gasteiger partial charge in [-0.1, -0.05) is 12.1 Å². The van der Waals surface area contributed by atoms with Crippen LogP contribution in [0.5, 0.6) is 0 Å². The van der Waals surface area contributed by atoms with Crippen LogP contribution < -0.4 is 0 Å². The molecule has 0 fully saturated rings. The number of hydrogen-bond acceptors (Lipinski definition) is 4. The first-order chi connectivity index (χ1) is 9.55. The third-order valence-corrected chi connectivity index (χ3v) is 4.31. The van der Waals surface area contributed by atoms with Crippen molar-refractivity contribution in [3.05, 3.63) is 29.8 Å². The average Bonchev–Trinajstić information content (AvgIpc) is 2.35. The summed E-state index contributed by atoms with van der Waals surface area (Å²) in [5.41, 5.74) is 0.467. The molecule has 5 nitrogen and oxygen atoms in total. The molecule has 0 heterocycles. The lowest BCUT2D eigenvalue weighted by Gasteiger charge is -2.13. The monoisotopic (exact) mass is 325 g/mol. The van der Waals surface area contributed by atoms with Crippen LogP contribution in [-0.2, 0) is 25.9 Å². The molecule has 1 rings (SSSR count). The first-order valence-electron chi connectivity index (χ1n) is 5.74. The van der Waals surface area contributed by atoms with E-state index in [4.69, 9.17) is 0 Å². The predicted molar refractivity (Wildman–Crippen MR) is 68.0 cm³/mol. The van der Waals surface area contributed by atoms with Gasteiger partial charge in [0.25, 0.3) is 0 Å². The van der Waals surface area contributed by atoms with Crippen LogP contribution >= 0.6 is 0 Å². The summed E-state index contributed by atoms with van der Waals surface area (Å²) in [5.74, 6) is -2.28. The van der Waals surface area contributed by atoms with Crippen molar-refractivity contribution in [2.24, 2.45) is 0 Å². The van der Waals surface area contributed by atoms with E-state index in [1.165, 1.54) is 26.3 Å². The first kappa shape index (κ1) is 17.4. The molecular formula is C12H14F3NO4S. The van der Waals surface area contributed by atoms with Crippen LogP contribution in [0, 0.1) is 0 Å². The number of nitrogens with zero attached hydrogens (tertiary/aromatic N) is 1. The molecule has 0 saturated heterocycles. The molecule has 0 saturated carbocycles. The molecular weight excluding hydrogens is 311 g/mol. The first-order valence-corrected chi connectivity index (χ1v) is 7.39. The van der Waals surface area contributed by atoms with Gasteiger partial charge in [0.2, 0.25) is 5.91 Å². The molecule has 0 N–H and O–H groups in total. The molecule has 0 bridgehead atoms. The van der Waals surface area contributed by atoms with Crippen molar-refractivity contribution in [2.75, 3.05) is 19.9 Å². The van der Waals surface area contributed by atoms with Gasteiger partial charge in [-0.15, -0.1) is 0 Å². The lowest BCUT2D eigenvalue weighted by atomic mass is 10.1. The molecule has 0 aliphatic carbocycles. The summed E-state index contributed by atoms with van der Waals surface area (Å²) >= 11 is 0. The summed E-state index contributed by atoms with van der Waals surface area (Å²) in [5, 5.41) is 0.994. The van der Waals surface area contributed by atoms with Crippen LogP contribution in [0.25, 0.3) is 0 Å². The molecule has 1 aromatic rings. The number of hydroxylamine groups is 2. The number of carbonyl (C=O) groups excluding carboxylic acids is 1. The maximum absolute atomic E-state index is 12.2. The minimum Gasteiger partial charge on any atom is -0.275 e. The van der Waals surface area contributed by atoms with E-state index in [0.717, 1.165) is 17.2 Å². The minimum atomic E-state index is -4.80. The Bertz CT molecular complexity index is 596. The molecule has 118 valence electrons. The van der Waals surface area contributed by atoms with Gasteiger partial charge in [-0.05, 0) is 17.7 Å². The summed E-state index contributed by atoms with van der Waals surface area (Å²) < 4.78 is 59.6. The molecule has 1 aromatic carbocycles. The Balaban J connectivity index is 2.86. The quantitative estimate of drug-likeness (QED) is 0.771. The van der Waals surface area contributed by atoms with Crippen LogP contribution in [-0.4, -0.2) is 45.5 Å². The molecule has 9 heteroatoms. The largest absolute Gasteiger partial charge is 0.403 e. The van der Waals surface area contributed by atoms with E-state index in [9.17, 15) is 26.4 Å². The number of benzene rings is 1. The van der Waals surface area contributed by atoms with Crippen molar-refractivity contribution in [1.29, 1.82) is 0 Å². The smallest absolute Gasteiger partial charge is 0.275 e. The minimum absolute atomic E-state index is 0.0516. The van der Waals surface area contributed by atoms with E-state index in [1.807, 2.05) is 0 Å². The molecule has 0 aliphatic rings.